The highest BCUT2D eigenvalue weighted by molar-refractivity contribution is 5.85. The molecular formula is C31H43N5O. The lowest BCUT2D eigenvalue weighted by molar-refractivity contribution is 0.211. The number of para-hydroxylation sites is 1. The van der Waals surface area contributed by atoms with Crippen LogP contribution in [0.4, 0.5) is 0 Å². The van der Waals surface area contributed by atoms with Gasteiger partial charge >= 0.3 is 0 Å². The maximum atomic E-state index is 8.07. The second-order valence-electron chi connectivity index (χ2n) is 10.2. The molecule has 1 aromatic carbocycles. The summed E-state index contributed by atoms with van der Waals surface area (Å²) in [7, 11) is 0. The first-order chi connectivity index (χ1) is 18.2. The standard InChI is InChI=1S/C27H33N5.C4H10O/c1-3-5-13-27(14-6-4-2)25-21(20-9-7-8-10-22(20)30-25)17-23(32-27)26-29-18-24(31-26)19-11-15-28-16-12-19;1-2-3-4-5/h7-12,15-16,18,23,30,32H,3-6,13-14,17H2,1-2H3,(H,29,31);5H,2-4H2,1H3/t23-;/m1./s1. The summed E-state index contributed by atoms with van der Waals surface area (Å²) in [6.07, 6.45) is 15.7. The molecule has 0 bridgehead atoms. The number of fused-ring (bicyclic) bond motifs is 3. The van der Waals surface area contributed by atoms with Crippen LogP contribution in [-0.4, -0.2) is 31.6 Å². The molecule has 0 radical (unpaired) electrons. The Bertz CT molecular complexity index is 1220. The number of pyridine rings is 1. The number of rotatable bonds is 10. The second kappa shape index (κ2) is 13.0. The van der Waals surface area contributed by atoms with Gasteiger partial charge in [0.25, 0.3) is 0 Å². The van der Waals surface area contributed by atoms with Crippen LogP contribution in [0.1, 0.15) is 95.3 Å². The van der Waals surface area contributed by atoms with E-state index in [1.807, 2.05) is 30.7 Å². The Kier molecular flexibility index (Phi) is 9.53. The highest BCUT2D eigenvalue weighted by Crippen LogP contribution is 2.44. The number of H-pyrrole nitrogens is 2. The van der Waals surface area contributed by atoms with Gasteiger partial charge in [0.1, 0.15) is 5.82 Å². The van der Waals surface area contributed by atoms with Crippen molar-refractivity contribution in [2.45, 2.75) is 90.1 Å². The third kappa shape index (κ3) is 6.13. The van der Waals surface area contributed by atoms with Crippen molar-refractivity contribution >= 4 is 10.9 Å². The van der Waals surface area contributed by atoms with E-state index in [0.717, 1.165) is 49.2 Å². The minimum absolute atomic E-state index is 0.0487. The van der Waals surface area contributed by atoms with E-state index in [0.29, 0.717) is 6.61 Å². The lowest BCUT2D eigenvalue weighted by Crippen LogP contribution is -2.49. The molecule has 0 spiro atoms. The molecule has 0 fully saturated rings. The van der Waals surface area contributed by atoms with Crippen LogP contribution in [0.2, 0.25) is 0 Å². The van der Waals surface area contributed by atoms with Gasteiger partial charge in [0.05, 0.1) is 23.5 Å². The molecule has 3 aromatic heterocycles. The van der Waals surface area contributed by atoms with Crippen LogP contribution in [0.25, 0.3) is 22.2 Å². The summed E-state index contributed by atoms with van der Waals surface area (Å²) in [5, 5.41) is 13.5. The first kappa shape index (κ1) is 27.1. The summed E-state index contributed by atoms with van der Waals surface area (Å²) in [4.78, 5) is 16.4. The molecule has 5 rings (SSSR count). The molecule has 6 heteroatoms. The first-order valence-corrected chi connectivity index (χ1v) is 14.1. The van der Waals surface area contributed by atoms with Crippen molar-refractivity contribution in [3.05, 3.63) is 72.1 Å². The van der Waals surface area contributed by atoms with E-state index in [-0.39, 0.29) is 11.6 Å². The highest BCUT2D eigenvalue weighted by Gasteiger charge is 2.42. The minimum Gasteiger partial charge on any atom is -0.396 e. The van der Waals surface area contributed by atoms with Gasteiger partial charge in [-0.15, -0.1) is 0 Å². The Labute approximate surface area is 221 Å². The minimum atomic E-state index is -0.0487. The topological polar surface area (TPSA) is 89.6 Å². The zero-order chi connectivity index (χ0) is 26.1. The van der Waals surface area contributed by atoms with Gasteiger partial charge in [0.15, 0.2) is 0 Å². The summed E-state index contributed by atoms with van der Waals surface area (Å²) in [6.45, 7) is 6.97. The van der Waals surface area contributed by atoms with Crippen LogP contribution < -0.4 is 5.32 Å². The third-order valence-electron chi connectivity index (χ3n) is 7.49. The molecule has 0 aliphatic carbocycles. The first-order valence-electron chi connectivity index (χ1n) is 14.1. The zero-order valence-electron chi connectivity index (χ0n) is 22.7. The maximum absolute atomic E-state index is 8.07. The molecule has 4 heterocycles. The molecule has 1 aliphatic heterocycles. The van der Waals surface area contributed by atoms with Gasteiger partial charge in [0.2, 0.25) is 0 Å². The van der Waals surface area contributed by atoms with Crippen molar-refractivity contribution in [3.8, 4) is 11.3 Å². The number of unbranched alkanes of at least 4 members (excludes halogenated alkanes) is 3. The smallest absolute Gasteiger partial charge is 0.124 e. The fraction of sp³-hybridized carbons (Fsp3) is 0.484. The molecule has 1 atom stereocenters. The summed E-state index contributed by atoms with van der Waals surface area (Å²) in [5.41, 5.74) is 6.21. The molecular weight excluding hydrogens is 458 g/mol. The van der Waals surface area contributed by atoms with Gasteiger partial charge in [-0.25, -0.2) is 4.98 Å². The van der Waals surface area contributed by atoms with E-state index in [2.05, 4.69) is 65.3 Å². The summed E-state index contributed by atoms with van der Waals surface area (Å²) in [6, 6.07) is 13.0. The highest BCUT2D eigenvalue weighted by atomic mass is 16.2. The van der Waals surface area contributed by atoms with Crippen molar-refractivity contribution in [1.29, 1.82) is 0 Å². The molecule has 0 saturated carbocycles. The van der Waals surface area contributed by atoms with E-state index >= 15 is 0 Å². The fourth-order valence-corrected chi connectivity index (χ4v) is 5.47. The number of nitrogens with one attached hydrogen (secondary N) is 3. The Morgan fingerprint density at radius 3 is 2.27 bits per heavy atom. The molecule has 0 saturated heterocycles. The lowest BCUT2D eigenvalue weighted by Gasteiger charge is -2.42. The van der Waals surface area contributed by atoms with E-state index in [1.54, 1.807) is 0 Å². The third-order valence-corrected chi connectivity index (χ3v) is 7.49. The Hall–Kier alpha value is -2.96. The SMILES string of the molecule is CCCCC1(CCCC)N[C@@H](c2ncc(-c3ccncc3)[nH]2)Cc2c1[nH]c1ccccc21.CCCCO. The number of aliphatic hydroxyl groups excluding tert-OH is 1. The van der Waals surface area contributed by atoms with Crippen LogP contribution in [-0.2, 0) is 12.0 Å². The van der Waals surface area contributed by atoms with Crippen LogP contribution in [0, 0.1) is 0 Å². The van der Waals surface area contributed by atoms with Gasteiger partial charge in [-0.05, 0) is 49.4 Å². The number of imidazole rings is 1. The zero-order valence-corrected chi connectivity index (χ0v) is 22.7. The monoisotopic (exact) mass is 501 g/mol. The predicted molar refractivity (Wildman–Crippen MR) is 152 cm³/mol. The van der Waals surface area contributed by atoms with E-state index in [4.69, 9.17) is 10.1 Å². The largest absolute Gasteiger partial charge is 0.396 e. The molecule has 0 unspecified atom stereocenters. The van der Waals surface area contributed by atoms with E-state index in [9.17, 15) is 0 Å². The van der Waals surface area contributed by atoms with Gasteiger partial charge in [-0.1, -0.05) is 71.1 Å². The summed E-state index contributed by atoms with van der Waals surface area (Å²) in [5.74, 6) is 1.02. The van der Waals surface area contributed by atoms with Crippen LogP contribution in [0.3, 0.4) is 0 Å². The number of aromatic amines is 2. The van der Waals surface area contributed by atoms with Crippen LogP contribution >= 0.6 is 0 Å². The van der Waals surface area contributed by atoms with Crippen molar-refractivity contribution in [1.82, 2.24) is 25.3 Å². The number of aromatic nitrogens is 4. The van der Waals surface area contributed by atoms with Crippen molar-refractivity contribution in [2.24, 2.45) is 0 Å². The number of hydrogen-bond donors (Lipinski definition) is 4. The molecule has 4 aromatic rings. The van der Waals surface area contributed by atoms with E-state index < -0.39 is 0 Å². The maximum Gasteiger partial charge on any atom is 0.124 e. The predicted octanol–water partition coefficient (Wildman–Crippen LogP) is 7.19. The number of nitrogens with zero attached hydrogens (tertiary/aromatic N) is 2. The van der Waals surface area contributed by atoms with Gasteiger partial charge in [-0.2, -0.15) is 0 Å². The molecule has 4 N–H and O–H groups in total. The molecule has 1 aliphatic rings. The average Bonchev–Trinajstić information content (AvgIpc) is 3.58. The molecule has 37 heavy (non-hydrogen) atoms. The van der Waals surface area contributed by atoms with Gasteiger partial charge < -0.3 is 15.1 Å². The fourth-order valence-electron chi connectivity index (χ4n) is 5.47. The van der Waals surface area contributed by atoms with Gasteiger partial charge in [0, 0.05) is 41.2 Å². The van der Waals surface area contributed by atoms with Crippen molar-refractivity contribution in [2.75, 3.05) is 6.61 Å². The molecule has 198 valence electrons. The number of hydrogen-bond acceptors (Lipinski definition) is 4. The Morgan fingerprint density at radius 1 is 0.919 bits per heavy atom. The lowest BCUT2D eigenvalue weighted by atomic mass is 9.77. The molecule has 0 amide bonds. The van der Waals surface area contributed by atoms with Gasteiger partial charge in [-0.3, -0.25) is 10.3 Å². The average molecular weight is 502 g/mol. The van der Waals surface area contributed by atoms with Crippen LogP contribution in [0.5, 0.6) is 0 Å². The second-order valence-corrected chi connectivity index (χ2v) is 10.2. The normalized spacial score (nSPS) is 16.3. The van der Waals surface area contributed by atoms with Crippen molar-refractivity contribution in [3.63, 3.8) is 0 Å². The van der Waals surface area contributed by atoms with E-state index in [1.165, 1.54) is 47.8 Å². The quantitative estimate of drug-likeness (QED) is 0.185. The van der Waals surface area contributed by atoms with Crippen LogP contribution in [0.15, 0.2) is 55.0 Å². The number of benzene rings is 1. The van der Waals surface area contributed by atoms with Crippen molar-refractivity contribution < 1.29 is 5.11 Å². The molecule has 6 nitrogen and oxygen atoms in total. The number of aliphatic hydroxyl groups is 1. The Morgan fingerprint density at radius 2 is 1.62 bits per heavy atom. The Balaban J connectivity index is 0.000000586. The summed E-state index contributed by atoms with van der Waals surface area (Å²) >= 11 is 0. The summed E-state index contributed by atoms with van der Waals surface area (Å²) < 4.78 is 0.